The third kappa shape index (κ3) is 4.88. The van der Waals surface area contributed by atoms with Crippen molar-refractivity contribution in [3.8, 4) is 22.8 Å². The lowest BCUT2D eigenvalue weighted by atomic mass is 10.1. The molecule has 1 atom stereocenters. The predicted octanol–water partition coefficient (Wildman–Crippen LogP) is 3.23. The van der Waals surface area contributed by atoms with Crippen molar-refractivity contribution in [3.05, 3.63) is 42.1 Å². The number of rotatable bonds is 6. The molecule has 6 heteroatoms. The van der Waals surface area contributed by atoms with Crippen LogP contribution in [0.5, 0.6) is 11.5 Å². The molecule has 3 heterocycles. The fourth-order valence-corrected chi connectivity index (χ4v) is 4.00. The van der Waals surface area contributed by atoms with Crippen LogP contribution in [-0.2, 0) is 0 Å². The van der Waals surface area contributed by atoms with Gasteiger partial charge in [0.2, 0.25) is 0 Å². The molecule has 2 aromatic rings. The summed E-state index contributed by atoms with van der Waals surface area (Å²) in [5, 5.41) is 3.07. The van der Waals surface area contributed by atoms with Crippen molar-refractivity contribution in [1.29, 1.82) is 0 Å². The van der Waals surface area contributed by atoms with Gasteiger partial charge in [-0.3, -0.25) is 9.78 Å². The lowest BCUT2D eigenvalue weighted by molar-refractivity contribution is 0.0947. The number of benzene rings is 1. The number of fused-ring (bicyclic) bond motifs is 1. The average molecular weight is 396 g/mol. The van der Waals surface area contributed by atoms with E-state index in [4.69, 9.17) is 9.47 Å². The molecular weight excluding hydrogens is 366 g/mol. The molecule has 1 unspecified atom stereocenters. The first-order valence-corrected chi connectivity index (χ1v) is 10.4. The summed E-state index contributed by atoms with van der Waals surface area (Å²) in [4.78, 5) is 19.5. The lowest BCUT2D eigenvalue weighted by Crippen LogP contribution is -2.31. The molecular formula is C23H29N3O3. The zero-order valence-corrected chi connectivity index (χ0v) is 17.2. The van der Waals surface area contributed by atoms with Gasteiger partial charge in [-0.1, -0.05) is 13.8 Å². The first-order valence-electron chi connectivity index (χ1n) is 10.4. The van der Waals surface area contributed by atoms with E-state index in [0.29, 0.717) is 30.6 Å². The fraction of sp³-hybridized carbons (Fsp3) is 0.478. The van der Waals surface area contributed by atoms with Crippen LogP contribution < -0.4 is 14.8 Å². The number of hydrogen-bond acceptors (Lipinski definition) is 5. The number of nitrogens with zero attached hydrogens (tertiary/aromatic N) is 2. The summed E-state index contributed by atoms with van der Waals surface area (Å²) < 4.78 is 11.2. The van der Waals surface area contributed by atoms with Gasteiger partial charge in [0.15, 0.2) is 11.5 Å². The van der Waals surface area contributed by atoms with Gasteiger partial charge in [-0.15, -0.1) is 0 Å². The van der Waals surface area contributed by atoms with E-state index in [1.54, 1.807) is 6.20 Å². The Morgan fingerprint density at radius 1 is 1.21 bits per heavy atom. The normalized spacial score (nSPS) is 18.8. The highest BCUT2D eigenvalue weighted by molar-refractivity contribution is 5.94. The number of aromatic nitrogens is 1. The van der Waals surface area contributed by atoms with Crippen molar-refractivity contribution in [2.24, 2.45) is 11.8 Å². The molecule has 6 nitrogen and oxygen atoms in total. The molecule has 1 aromatic heterocycles. The molecule has 4 rings (SSSR count). The highest BCUT2D eigenvalue weighted by Crippen LogP contribution is 2.33. The van der Waals surface area contributed by atoms with E-state index in [9.17, 15) is 4.79 Å². The maximum absolute atomic E-state index is 12.5. The van der Waals surface area contributed by atoms with E-state index >= 15 is 0 Å². The van der Waals surface area contributed by atoms with Crippen LogP contribution in [0.2, 0.25) is 0 Å². The number of carbonyl (C=O) groups excluding carboxylic acids is 1. The SMILES string of the molecule is CC(C)CN1CCC(CNC(=O)c2ccc(-c3ccc4c(c3)OCCO4)nc2)C1. The minimum absolute atomic E-state index is 0.0615. The Labute approximate surface area is 172 Å². The van der Waals surface area contributed by atoms with Crippen molar-refractivity contribution in [2.45, 2.75) is 20.3 Å². The van der Waals surface area contributed by atoms with Crippen LogP contribution in [0.3, 0.4) is 0 Å². The van der Waals surface area contributed by atoms with Crippen LogP contribution in [0, 0.1) is 11.8 Å². The molecule has 1 amide bonds. The number of pyridine rings is 1. The van der Waals surface area contributed by atoms with Gasteiger partial charge in [-0.25, -0.2) is 0 Å². The van der Waals surface area contributed by atoms with Gasteiger partial charge in [0.1, 0.15) is 13.2 Å². The molecule has 1 N–H and O–H groups in total. The third-order valence-electron chi connectivity index (χ3n) is 5.41. The van der Waals surface area contributed by atoms with Crippen LogP contribution in [0.1, 0.15) is 30.6 Å². The zero-order valence-electron chi connectivity index (χ0n) is 17.2. The molecule has 1 saturated heterocycles. The summed E-state index contributed by atoms with van der Waals surface area (Å²) in [7, 11) is 0. The molecule has 0 bridgehead atoms. The molecule has 1 fully saturated rings. The summed E-state index contributed by atoms with van der Waals surface area (Å²) >= 11 is 0. The second-order valence-corrected chi connectivity index (χ2v) is 8.31. The Kier molecular flexibility index (Phi) is 6.00. The second-order valence-electron chi connectivity index (χ2n) is 8.31. The third-order valence-corrected chi connectivity index (χ3v) is 5.41. The first kappa shape index (κ1) is 19.7. The largest absolute Gasteiger partial charge is 0.486 e. The summed E-state index contributed by atoms with van der Waals surface area (Å²) in [6, 6.07) is 9.49. The van der Waals surface area contributed by atoms with E-state index in [-0.39, 0.29) is 5.91 Å². The molecule has 2 aliphatic rings. The number of ether oxygens (including phenoxy) is 2. The van der Waals surface area contributed by atoms with Gasteiger partial charge in [0.05, 0.1) is 11.3 Å². The van der Waals surface area contributed by atoms with E-state index in [1.807, 2.05) is 30.3 Å². The quantitative estimate of drug-likeness (QED) is 0.814. The number of carbonyl (C=O) groups is 1. The molecule has 0 saturated carbocycles. The summed E-state index contributed by atoms with van der Waals surface area (Å²) in [5.74, 6) is 2.65. The number of nitrogens with one attached hydrogen (secondary N) is 1. The number of amides is 1. The average Bonchev–Trinajstić information content (AvgIpc) is 3.18. The van der Waals surface area contributed by atoms with E-state index in [2.05, 4.69) is 29.0 Å². The Morgan fingerprint density at radius 3 is 2.79 bits per heavy atom. The minimum atomic E-state index is -0.0615. The first-order chi connectivity index (χ1) is 14.1. The molecule has 2 aliphatic heterocycles. The molecule has 0 radical (unpaired) electrons. The maximum atomic E-state index is 12.5. The van der Waals surface area contributed by atoms with Crippen molar-refractivity contribution < 1.29 is 14.3 Å². The fourth-order valence-electron chi connectivity index (χ4n) is 4.00. The molecule has 0 aliphatic carbocycles. The van der Waals surface area contributed by atoms with Crippen molar-refractivity contribution in [3.63, 3.8) is 0 Å². The molecule has 154 valence electrons. The number of hydrogen-bond donors (Lipinski definition) is 1. The molecule has 1 aromatic carbocycles. The predicted molar refractivity (Wildman–Crippen MR) is 112 cm³/mol. The van der Waals surface area contributed by atoms with E-state index in [1.165, 1.54) is 0 Å². The maximum Gasteiger partial charge on any atom is 0.252 e. The van der Waals surface area contributed by atoms with Crippen molar-refractivity contribution >= 4 is 5.91 Å². The van der Waals surface area contributed by atoms with Gasteiger partial charge < -0.3 is 19.7 Å². The van der Waals surface area contributed by atoms with Crippen LogP contribution >= 0.6 is 0 Å². The van der Waals surface area contributed by atoms with Crippen LogP contribution in [-0.4, -0.2) is 55.2 Å². The zero-order chi connectivity index (χ0) is 20.2. The second kappa shape index (κ2) is 8.82. The standard InChI is InChI=1S/C23H29N3O3/c1-16(2)14-26-8-7-17(15-26)12-25-23(27)19-3-5-20(24-13-19)18-4-6-21-22(11-18)29-10-9-28-21/h3-6,11,13,16-17H,7-10,12,14-15H2,1-2H3,(H,25,27). The Morgan fingerprint density at radius 2 is 2.03 bits per heavy atom. The van der Waals surface area contributed by atoms with Gasteiger partial charge in [0.25, 0.3) is 5.91 Å². The van der Waals surface area contributed by atoms with E-state index < -0.39 is 0 Å². The van der Waals surface area contributed by atoms with Crippen molar-refractivity contribution in [1.82, 2.24) is 15.2 Å². The highest BCUT2D eigenvalue weighted by atomic mass is 16.6. The Hall–Kier alpha value is -2.60. The van der Waals surface area contributed by atoms with E-state index in [0.717, 1.165) is 55.4 Å². The van der Waals surface area contributed by atoms with Crippen LogP contribution in [0.25, 0.3) is 11.3 Å². The summed E-state index contributed by atoms with van der Waals surface area (Å²) in [6.07, 6.45) is 2.79. The molecule has 29 heavy (non-hydrogen) atoms. The van der Waals surface area contributed by atoms with Crippen LogP contribution in [0.15, 0.2) is 36.5 Å². The van der Waals surface area contributed by atoms with Gasteiger partial charge in [-0.2, -0.15) is 0 Å². The minimum Gasteiger partial charge on any atom is -0.486 e. The van der Waals surface area contributed by atoms with Crippen LogP contribution in [0.4, 0.5) is 0 Å². The summed E-state index contributed by atoms with van der Waals surface area (Å²) in [5.41, 5.74) is 2.33. The summed E-state index contributed by atoms with van der Waals surface area (Å²) in [6.45, 7) is 9.68. The Balaban J connectivity index is 1.33. The smallest absolute Gasteiger partial charge is 0.252 e. The van der Waals surface area contributed by atoms with Gasteiger partial charge in [-0.05, 0) is 55.1 Å². The monoisotopic (exact) mass is 395 g/mol. The van der Waals surface area contributed by atoms with Gasteiger partial charge in [0, 0.05) is 31.4 Å². The molecule has 0 spiro atoms. The topological polar surface area (TPSA) is 63.7 Å². The highest BCUT2D eigenvalue weighted by Gasteiger charge is 2.23. The lowest BCUT2D eigenvalue weighted by Gasteiger charge is -2.18. The van der Waals surface area contributed by atoms with Crippen molar-refractivity contribution in [2.75, 3.05) is 39.4 Å². The Bertz CT molecular complexity index is 851. The van der Waals surface area contributed by atoms with Gasteiger partial charge >= 0.3 is 0 Å². The number of likely N-dealkylation sites (tertiary alicyclic amines) is 1.